The molecule has 4 heteroatoms. The summed E-state index contributed by atoms with van der Waals surface area (Å²) in [5.41, 5.74) is 1.83. The van der Waals surface area contributed by atoms with Crippen LogP contribution in [0.2, 0.25) is 0 Å². The number of ether oxygens (including phenoxy) is 1. The van der Waals surface area contributed by atoms with Gasteiger partial charge in [0.25, 0.3) is 0 Å². The van der Waals surface area contributed by atoms with Gasteiger partial charge in [-0.3, -0.25) is 4.90 Å². The third-order valence-corrected chi connectivity index (χ3v) is 5.01. The van der Waals surface area contributed by atoms with Gasteiger partial charge in [-0.15, -0.1) is 0 Å². The van der Waals surface area contributed by atoms with Gasteiger partial charge in [0.1, 0.15) is 0 Å². The Kier molecular flexibility index (Phi) is 6.24. The van der Waals surface area contributed by atoms with Gasteiger partial charge in [-0.2, -0.15) is 0 Å². The molecule has 0 atom stereocenters. The van der Waals surface area contributed by atoms with Gasteiger partial charge >= 0.3 is 5.97 Å². The SMILES string of the molecule is CCCC1CCN(Cc2ccc(C(=O)OC)cc2Br)CC1. The minimum atomic E-state index is -0.289. The number of piperidine rings is 1. The van der Waals surface area contributed by atoms with E-state index in [1.165, 1.54) is 51.4 Å². The molecule has 1 aromatic carbocycles. The van der Waals surface area contributed by atoms with Crippen molar-refractivity contribution in [2.45, 2.75) is 39.2 Å². The van der Waals surface area contributed by atoms with Gasteiger partial charge in [-0.05, 0) is 49.5 Å². The summed E-state index contributed by atoms with van der Waals surface area (Å²) in [6.45, 7) is 5.57. The zero-order chi connectivity index (χ0) is 15.2. The fourth-order valence-electron chi connectivity index (χ4n) is 3.00. The molecule has 0 N–H and O–H groups in total. The summed E-state index contributed by atoms with van der Waals surface area (Å²) in [7, 11) is 1.41. The second-order valence-corrected chi connectivity index (χ2v) is 6.66. The lowest BCUT2D eigenvalue weighted by Crippen LogP contribution is -2.33. The molecular weight excluding hydrogens is 330 g/mol. The zero-order valence-corrected chi connectivity index (χ0v) is 14.5. The Balaban J connectivity index is 1.93. The van der Waals surface area contributed by atoms with Gasteiger partial charge < -0.3 is 4.74 Å². The number of likely N-dealkylation sites (tertiary alicyclic amines) is 1. The summed E-state index contributed by atoms with van der Waals surface area (Å²) in [6, 6.07) is 5.72. The number of hydrogen-bond acceptors (Lipinski definition) is 3. The molecule has 0 bridgehead atoms. The Hall–Kier alpha value is -0.870. The molecule has 116 valence electrons. The molecule has 0 amide bonds. The van der Waals surface area contributed by atoms with E-state index in [4.69, 9.17) is 4.74 Å². The Morgan fingerprint density at radius 2 is 2.10 bits per heavy atom. The van der Waals surface area contributed by atoms with Crippen LogP contribution in [-0.4, -0.2) is 31.1 Å². The first-order valence-electron chi connectivity index (χ1n) is 7.73. The molecular formula is C17H24BrNO2. The van der Waals surface area contributed by atoms with E-state index in [0.29, 0.717) is 5.56 Å². The largest absolute Gasteiger partial charge is 0.465 e. The number of methoxy groups -OCH3 is 1. The second-order valence-electron chi connectivity index (χ2n) is 5.81. The molecule has 0 spiro atoms. The lowest BCUT2D eigenvalue weighted by atomic mass is 9.92. The van der Waals surface area contributed by atoms with Crippen LogP contribution in [0, 0.1) is 5.92 Å². The maximum Gasteiger partial charge on any atom is 0.337 e. The molecule has 0 radical (unpaired) electrons. The van der Waals surface area contributed by atoms with E-state index >= 15 is 0 Å². The minimum Gasteiger partial charge on any atom is -0.465 e. The fourth-order valence-corrected chi connectivity index (χ4v) is 3.51. The number of carbonyl (C=O) groups excluding carboxylic acids is 1. The Morgan fingerprint density at radius 1 is 1.38 bits per heavy atom. The Labute approximate surface area is 135 Å². The van der Waals surface area contributed by atoms with Crippen molar-refractivity contribution in [3.05, 3.63) is 33.8 Å². The summed E-state index contributed by atoms with van der Waals surface area (Å²) in [5, 5.41) is 0. The van der Waals surface area contributed by atoms with Gasteiger partial charge in [0.15, 0.2) is 0 Å². The monoisotopic (exact) mass is 353 g/mol. The summed E-state index contributed by atoms with van der Waals surface area (Å²) in [6.07, 6.45) is 5.29. The minimum absolute atomic E-state index is 0.289. The maximum atomic E-state index is 11.5. The van der Waals surface area contributed by atoms with Crippen LogP contribution in [-0.2, 0) is 11.3 Å². The van der Waals surface area contributed by atoms with Gasteiger partial charge in [-0.25, -0.2) is 4.79 Å². The van der Waals surface area contributed by atoms with Crippen LogP contribution in [0.25, 0.3) is 0 Å². The molecule has 1 aliphatic heterocycles. The lowest BCUT2D eigenvalue weighted by molar-refractivity contribution is 0.0600. The van der Waals surface area contributed by atoms with Crippen LogP contribution in [0.4, 0.5) is 0 Å². The van der Waals surface area contributed by atoms with E-state index < -0.39 is 0 Å². The molecule has 0 aromatic heterocycles. The number of rotatable bonds is 5. The normalized spacial score (nSPS) is 16.9. The number of esters is 1. The third-order valence-electron chi connectivity index (χ3n) is 4.27. The van der Waals surface area contributed by atoms with Crippen molar-refractivity contribution in [2.24, 2.45) is 5.92 Å². The molecule has 0 unspecified atom stereocenters. The maximum absolute atomic E-state index is 11.5. The second kappa shape index (κ2) is 7.95. The number of benzene rings is 1. The molecule has 1 saturated heterocycles. The summed E-state index contributed by atoms with van der Waals surface area (Å²) in [4.78, 5) is 14.0. The van der Waals surface area contributed by atoms with Crippen molar-refractivity contribution in [3.63, 3.8) is 0 Å². The molecule has 1 aliphatic rings. The summed E-state index contributed by atoms with van der Waals surface area (Å²) >= 11 is 3.57. The number of halogens is 1. The summed E-state index contributed by atoms with van der Waals surface area (Å²) in [5.74, 6) is 0.624. The highest BCUT2D eigenvalue weighted by Crippen LogP contribution is 2.25. The third kappa shape index (κ3) is 4.55. The van der Waals surface area contributed by atoms with Gasteiger partial charge in [0, 0.05) is 11.0 Å². The average molecular weight is 354 g/mol. The van der Waals surface area contributed by atoms with Crippen LogP contribution >= 0.6 is 15.9 Å². The Bertz CT molecular complexity index is 482. The molecule has 1 fully saturated rings. The molecule has 1 heterocycles. The molecule has 0 saturated carbocycles. The molecule has 21 heavy (non-hydrogen) atoms. The van der Waals surface area contributed by atoms with E-state index in [-0.39, 0.29) is 5.97 Å². The first-order chi connectivity index (χ1) is 10.1. The quantitative estimate of drug-likeness (QED) is 0.741. The van der Waals surface area contributed by atoms with Gasteiger partial charge in [0.2, 0.25) is 0 Å². The van der Waals surface area contributed by atoms with Crippen LogP contribution in [0.3, 0.4) is 0 Å². The van der Waals surface area contributed by atoms with Gasteiger partial charge in [-0.1, -0.05) is 41.8 Å². The highest BCUT2D eigenvalue weighted by molar-refractivity contribution is 9.10. The lowest BCUT2D eigenvalue weighted by Gasteiger charge is -2.32. The number of carbonyl (C=O) groups is 1. The van der Waals surface area contributed by atoms with E-state index in [1.807, 2.05) is 18.2 Å². The Morgan fingerprint density at radius 3 is 2.67 bits per heavy atom. The van der Waals surface area contributed by atoms with Crippen molar-refractivity contribution < 1.29 is 9.53 Å². The highest BCUT2D eigenvalue weighted by Gasteiger charge is 2.19. The first-order valence-corrected chi connectivity index (χ1v) is 8.52. The number of hydrogen-bond donors (Lipinski definition) is 0. The predicted molar refractivity (Wildman–Crippen MR) is 88.4 cm³/mol. The van der Waals surface area contributed by atoms with E-state index in [0.717, 1.165) is 16.9 Å². The van der Waals surface area contributed by atoms with E-state index in [9.17, 15) is 4.79 Å². The average Bonchev–Trinajstić information content (AvgIpc) is 2.50. The van der Waals surface area contributed by atoms with Crippen molar-refractivity contribution in [2.75, 3.05) is 20.2 Å². The molecule has 2 rings (SSSR count). The van der Waals surface area contributed by atoms with Crippen LogP contribution in [0.5, 0.6) is 0 Å². The topological polar surface area (TPSA) is 29.5 Å². The number of nitrogens with zero attached hydrogens (tertiary/aromatic N) is 1. The fraction of sp³-hybridized carbons (Fsp3) is 0.588. The molecule has 1 aromatic rings. The van der Waals surface area contributed by atoms with E-state index in [2.05, 4.69) is 27.8 Å². The standard InChI is InChI=1S/C17H24BrNO2/c1-3-4-13-7-9-19(10-8-13)12-15-6-5-14(11-16(15)18)17(20)21-2/h5-6,11,13H,3-4,7-10,12H2,1-2H3. The molecule has 0 aliphatic carbocycles. The van der Waals surface area contributed by atoms with Crippen molar-refractivity contribution in [1.82, 2.24) is 4.90 Å². The smallest absolute Gasteiger partial charge is 0.337 e. The summed E-state index contributed by atoms with van der Waals surface area (Å²) < 4.78 is 5.73. The van der Waals surface area contributed by atoms with Crippen molar-refractivity contribution in [1.29, 1.82) is 0 Å². The van der Waals surface area contributed by atoms with E-state index in [1.54, 1.807) is 0 Å². The van der Waals surface area contributed by atoms with Crippen LogP contribution < -0.4 is 0 Å². The highest BCUT2D eigenvalue weighted by atomic mass is 79.9. The van der Waals surface area contributed by atoms with Crippen molar-refractivity contribution >= 4 is 21.9 Å². The predicted octanol–water partition coefficient (Wildman–Crippen LogP) is 4.25. The first kappa shape index (κ1) is 16.5. The van der Waals surface area contributed by atoms with Gasteiger partial charge in [0.05, 0.1) is 12.7 Å². The van der Waals surface area contributed by atoms with Crippen LogP contribution in [0.1, 0.15) is 48.5 Å². The molecule has 3 nitrogen and oxygen atoms in total. The van der Waals surface area contributed by atoms with Crippen LogP contribution in [0.15, 0.2) is 22.7 Å². The zero-order valence-electron chi connectivity index (χ0n) is 12.9. The van der Waals surface area contributed by atoms with Crippen molar-refractivity contribution in [3.8, 4) is 0 Å².